The van der Waals surface area contributed by atoms with Crippen LogP contribution in [0.5, 0.6) is 0 Å². The number of hydrogen-bond acceptors (Lipinski definition) is 2. The van der Waals surface area contributed by atoms with Gasteiger partial charge in [0.25, 0.3) is 0 Å². The van der Waals surface area contributed by atoms with Gasteiger partial charge in [-0.15, -0.1) is 0 Å². The van der Waals surface area contributed by atoms with Gasteiger partial charge in [0.1, 0.15) is 6.54 Å². The second-order valence-corrected chi connectivity index (χ2v) is 6.22. The van der Waals surface area contributed by atoms with Gasteiger partial charge in [-0.2, -0.15) is 0 Å². The summed E-state index contributed by atoms with van der Waals surface area (Å²) in [6.07, 6.45) is 3.72. The van der Waals surface area contributed by atoms with Crippen molar-refractivity contribution >= 4 is 11.9 Å². The highest BCUT2D eigenvalue weighted by Gasteiger charge is 2.62. The van der Waals surface area contributed by atoms with E-state index >= 15 is 0 Å². The number of amides is 1. The van der Waals surface area contributed by atoms with Crippen LogP contribution < -0.4 is 0 Å². The molecular weight excluding hydrogens is 266 g/mol. The molecule has 1 spiro atoms. The Kier molecular flexibility index (Phi) is 3.47. The predicted octanol–water partition coefficient (Wildman–Crippen LogP) is 2.21. The lowest BCUT2D eigenvalue weighted by Crippen LogP contribution is -2.38. The highest BCUT2D eigenvalue weighted by molar-refractivity contribution is 5.87. The third-order valence-corrected chi connectivity index (χ3v) is 4.90. The van der Waals surface area contributed by atoms with Crippen molar-refractivity contribution in [2.24, 2.45) is 5.92 Å². The number of hydrogen-bond donors (Lipinski definition) is 1. The standard InChI is InChI=1S/C17H21NO3/c1-2-9-18(11-15(19)20)16(21)14-10-17(14)8-7-12-5-3-4-6-13(12)17/h3-6,14H,2,7-11H2,1H3,(H,19,20). The maximum atomic E-state index is 12.7. The van der Waals surface area contributed by atoms with E-state index in [1.807, 2.05) is 19.1 Å². The molecule has 2 atom stereocenters. The predicted molar refractivity (Wildman–Crippen MR) is 79.1 cm³/mol. The zero-order chi connectivity index (χ0) is 15.0. The van der Waals surface area contributed by atoms with Crippen LogP contribution in [0.15, 0.2) is 24.3 Å². The first-order valence-electron chi connectivity index (χ1n) is 7.67. The Hall–Kier alpha value is -1.84. The molecule has 0 aliphatic heterocycles. The monoisotopic (exact) mass is 287 g/mol. The number of carboxylic acids is 1. The molecule has 0 radical (unpaired) electrons. The third-order valence-electron chi connectivity index (χ3n) is 4.90. The highest BCUT2D eigenvalue weighted by atomic mass is 16.4. The van der Waals surface area contributed by atoms with Gasteiger partial charge in [-0.25, -0.2) is 0 Å². The maximum absolute atomic E-state index is 12.7. The fourth-order valence-electron chi connectivity index (χ4n) is 3.84. The first-order valence-corrected chi connectivity index (χ1v) is 7.67. The van der Waals surface area contributed by atoms with Crippen LogP contribution in [0.4, 0.5) is 0 Å². The molecule has 0 bridgehead atoms. The molecule has 2 aliphatic carbocycles. The van der Waals surface area contributed by atoms with E-state index < -0.39 is 5.97 Å². The Bertz CT molecular complexity index is 583. The fraction of sp³-hybridized carbons (Fsp3) is 0.529. The number of rotatable bonds is 5. The van der Waals surface area contributed by atoms with E-state index in [4.69, 9.17) is 5.11 Å². The summed E-state index contributed by atoms with van der Waals surface area (Å²) in [5.74, 6) is -0.929. The van der Waals surface area contributed by atoms with Crippen LogP contribution in [-0.2, 0) is 21.4 Å². The van der Waals surface area contributed by atoms with Gasteiger partial charge in [-0.1, -0.05) is 31.2 Å². The van der Waals surface area contributed by atoms with Gasteiger partial charge < -0.3 is 10.0 Å². The van der Waals surface area contributed by atoms with Gasteiger partial charge in [-0.3, -0.25) is 9.59 Å². The fourth-order valence-corrected chi connectivity index (χ4v) is 3.84. The second kappa shape index (κ2) is 5.17. The van der Waals surface area contributed by atoms with Crippen LogP contribution in [0, 0.1) is 5.92 Å². The van der Waals surface area contributed by atoms with E-state index in [9.17, 15) is 9.59 Å². The van der Waals surface area contributed by atoms with E-state index in [-0.39, 0.29) is 23.8 Å². The summed E-state index contributed by atoms with van der Waals surface area (Å²) < 4.78 is 0. The largest absolute Gasteiger partial charge is 0.480 e. The quantitative estimate of drug-likeness (QED) is 0.903. The molecule has 3 rings (SSSR count). The summed E-state index contributed by atoms with van der Waals surface area (Å²) >= 11 is 0. The van der Waals surface area contributed by atoms with Crippen LogP contribution in [-0.4, -0.2) is 35.0 Å². The molecule has 2 aliphatic rings. The van der Waals surface area contributed by atoms with Crippen LogP contribution >= 0.6 is 0 Å². The first-order chi connectivity index (χ1) is 10.1. The molecule has 21 heavy (non-hydrogen) atoms. The van der Waals surface area contributed by atoms with Crippen molar-refractivity contribution in [1.82, 2.24) is 4.90 Å². The zero-order valence-corrected chi connectivity index (χ0v) is 12.3. The zero-order valence-electron chi connectivity index (χ0n) is 12.3. The molecule has 1 N–H and O–H groups in total. The lowest BCUT2D eigenvalue weighted by Gasteiger charge is -2.21. The lowest BCUT2D eigenvalue weighted by molar-refractivity contribution is -0.145. The maximum Gasteiger partial charge on any atom is 0.323 e. The van der Waals surface area contributed by atoms with Crippen molar-refractivity contribution in [1.29, 1.82) is 0 Å². The second-order valence-electron chi connectivity index (χ2n) is 6.22. The van der Waals surface area contributed by atoms with Crippen molar-refractivity contribution < 1.29 is 14.7 Å². The Balaban J connectivity index is 1.78. The normalized spacial score (nSPS) is 25.7. The molecule has 1 saturated carbocycles. The van der Waals surface area contributed by atoms with Crippen molar-refractivity contribution in [2.45, 2.75) is 38.0 Å². The van der Waals surface area contributed by atoms with Crippen molar-refractivity contribution in [3.63, 3.8) is 0 Å². The number of carboxylic acid groups (broad SMARTS) is 1. The van der Waals surface area contributed by atoms with Gasteiger partial charge in [0, 0.05) is 17.9 Å². The average molecular weight is 287 g/mol. The smallest absolute Gasteiger partial charge is 0.323 e. The molecule has 2 unspecified atom stereocenters. The molecule has 1 amide bonds. The summed E-state index contributed by atoms with van der Waals surface area (Å²) in [4.78, 5) is 25.1. The Morgan fingerprint density at radius 3 is 2.86 bits per heavy atom. The number of aliphatic carboxylic acids is 1. The Morgan fingerprint density at radius 2 is 2.14 bits per heavy atom. The van der Waals surface area contributed by atoms with Crippen LogP contribution in [0.1, 0.15) is 37.3 Å². The summed E-state index contributed by atoms with van der Waals surface area (Å²) in [6.45, 7) is 2.32. The molecule has 0 heterocycles. The molecule has 1 aromatic rings. The minimum Gasteiger partial charge on any atom is -0.480 e. The number of carbonyl (C=O) groups excluding carboxylic acids is 1. The number of benzene rings is 1. The summed E-state index contributed by atoms with van der Waals surface area (Å²) in [6, 6.07) is 8.36. The lowest BCUT2D eigenvalue weighted by atomic mass is 9.95. The summed E-state index contributed by atoms with van der Waals surface area (Å²) in [5.41, 5.74) is 2.67. The van der Waals surface area contributed by atoms with Gasteiger partial charge in [0.05, 0.1) is 0 Å². The number of nitrogens with zero attached hydrogens (tertiary/aromatic N) is 1. The molecule has 4 heteroatoms. The molecule has 0 aromatic heterocycles. The SMILES string of the molecule is CCCN(CC(=O)O)C(=O)C1CC12CCc1ccccc12. The van der Waals surface area contributed by atoms with Crippen molar-refractivity contribution in [3.05, 3.63) is 35.4 Å². The number of aryl methyl sites for hydroxylation is 1. The van der Waals surface area contributed by atoms with Crippen LogP contribution in [0.3, 0.4) is 0 Å². The first kappa shape index (κ1) is 14.1. The Morgan fingerprint density at radius 1 is 1.38 bits per heavy atom. The van der Waals surface area contributed by atoms with E-state index in [1.165, 1.54) is 16.0 Å². The van der Waals surface area contributed by atoms with Crippen LogP contribution in [0.2, 0.25) is 0 Å². The Labute approximate surface area is 124 Å². The summed E-state index contributed by atoms with van der Waals surface area (Å²) in [5, 5.41) is 8.98. The molecular formula is C17H21NO3. The van der Waals surface area contributed by atoms with Crippen molar-refractivity contribution in [2.75, 3.05) is 13.1 Å². The molecule has 1 fully saturated rings. The van der Waals surface area contributed by atoms with E-state index in [0.717, 1.165) is 25.7 Å². The van der Waals surface area contributed by atoms with E-state index in [0.29, 0.717) is 6.54 Å². The van der Waals surface area contributed by atoms with E-state index in [1.54, 1.807) is 0 Å². The van der Waals surface area contributed by atoms with Crippen molar-refractivity contribution in [3.8, 4) is 0 Å². The molecule has 112 valence electrons. The van der Waals surface area contributed by atoms with Gasteiger partial charge in [0.2, 0.25) is 5.91 Å². The van der Waals surface area contributed by atoms with E-state index in [2.05, 4.69) is 12.1 Å². The minimum absolute atomic E-state index is 0.00181. The molecule has 4 nitrogen and oxygen atoms in total. The van der Waals surface area contributed by atoms with Gasteiger partial charge in [0.15, 0.2) is 0 Å². The third kappa shape index (κ3) is 2.33. The van der Waals surface area contributed by atoms with Gasteiger partial charge >= 0.3 is 5.97 Å². The molecule has 0 saturated heterocycles. The molecule has 1 aromatic carbocycles. The summed E-state index contributed by atoms with van der Waals surface area (Å²) in [7, 11) is 0. The highest BCUT2D eigenvalue weighted by Crippen LogP contribution is 2.61. The average Bonchev–Trinajstić information content (AvgIpc) is 3.07. The number of fused-ring (bicyclic) bond motifs is 2. The topological polar surface area (TPSA) is 57.6 Å². The van der Waals surface area contributed by atoms with Gasteiger partial charge in [-0.05, 0) is 36.8 Å². The number of carbonyl (C=O) groups is 2. The van der Waals surface area contributed by atoms with Crippen LogP contribution in [0.25, 0.3) is 0 Å². The minimum atomic E-state index is -0.932.